The van der Waals surface area contributed by atoms with Gasteiger partial charge in [-0.2, -0.15) is 0 Å². The molecule has 0 spiro atoms. The van der Waals surface area contributed by atoms with Crippen molar-refractivity contribution in [1.29, 1.82) is 0 Å². The largest absolute Gasteiger partial charge is 0.484 e. The molecule has 1 aromatic rings. The molecule has 0 saturated carbocycles. The fourth-order valence-electron chi connectivity index (χ4n) is 2.61. The van der Waals surface area contributed by atoms with E-state index in [9.17, 15) is 9.59 Å². The van der Waals surface area contributed by atoms with Gasteiger partial charge in [-0.1, -0.05) is 0 Å². The maximum absolute atomic E-state index is 12.1. The van der Waals surface area contributed by atoms with Gasteiger partial charge in [-0.15, -0.1) is 0 Å². The Bertz CT molecular complexity index is 587. The molecule has 1 atom stereocenters. The number of nitrogens with zero attached hydrogens (tertiary/aromatic N) is 1. The third-order valence-electron chi connectivity index (χ3n) is 3.83. The van der Waals surface area contributed by atoms with Crippen LogP contribution in [0.25, 0.3) is 0 Å². The zero-order valence-electron chi connectivity index (χ0n) is 12.0. The normalized spacial score (nSPS) is 19.8. The summed E-state index contributed by atoms with van der Waals surface area (Å²) in [6.45, 7) is 0.889. The van der Waals surface area contributed by atoms with Crippen molar-refractivity contribution >= 4 is 11.9 Å². The van der Waals surface area contributed by atoms with E-state index in [1.807, 2.05) is 0 Å². The fraction of sp³-hybridized carbons (Fsp3) is 0.467. The molecule has 2 heterocycles. The number of amides is 1. The van der Waals surface area contributed by atoms with Crippen LogP contribution >= 0.6 is 0 Å². The minimum Gasteiger partial charge on any atom is -0.484 e. The van der Waals surface area contributed by atoms with E-state index >= 15 is 0 Å². The third kappa shape index (κ3) is 3.08. The van der Waals surface area contributed by atoms with Gasteiger partial charge in [-0.05, 0) is 25.0 Å². The standard InChI is InChI=1S/C15H17NO6/c17-14(16-5-1-2-10(7-16)15(18)19)8-20-11-3-4-12-13(6-11)22-9-21-12/h3-4,6,10H,1-2,5,7-9H2,(H,18,19). The molecule has 0 aromatic heterocycles. The van der Waals surface area contributed by atoms with Crippen molar-refractivity contribution in [3.8, 4) is 17.2 Å². The zero-order valence-corrected chi connectivity index (χ0v) is 12.0. The first kappa shape index (κ1) is 14.5. The lowest BCUT2D eigenvalue weighted by atomic mass is 9.98. The lowest BCUT2D eigenvalue weighted by Crippen LogP contribution is -2.44. The molecule has 2 aliphatic rings. The second-order valence-electron chi connectivity index (χ2n) is 5.32. The zero-order chi connectivity index (χ0) is 15.5. The van der Waals surface area contributed by atoms with E-state index in [-0.39, 0.29) is 25.9 Å². The average molecular weight is 307 g/mol. The molecule has 3 rings (SSSR count). The summed E-state index contributed by atoms with van der Waals surface area (Å²) in [5.41, 5.74) is 0. The Morgan fingerprint density at radius 3 is 2.95 bits per heavy atom. The molecule has 0 aliphatic carbocycles. The van der Waals surface area contributed by atoms with Crippen LogP contribution in [0.1, 0.15) is 12.8 Å². The number of carbonyl (C=O) groups excluding carboxylic acids is 1. The van der Waals surface area contributed by atoms with Crippen LogP contribution in [0, 0.1) is 5.92 Å². The van der Waals surface area contributed by atoms with Gasteiger partial charge in [0.1, 0.15) is 5.75 Å². The number of hydrogen-bond acceptors (Lipinski definition) is 5. The number of carboxylic acid groups (broad SMARTS) is 1. The summed E-state index contributed by atoms with van der Waals surface area (Å²) in [6, 6.07) is 5.10. The first-order valence-electron chi connectivity index (χ1n) is 7.16. The van der Waals surface area contributed by atoms with Gasteiger partial charge >= 0.3 is 5.97 Å². The number of hydrogen-bond donors (Lipinski definition) is 1. The fourth-order valence-corrected chi connectivity index (χ4v) is 2.61. The maximum Gasteiger partial charge on any atom is 0.308 e. The highest BCUT2D eigenvalue weighted by Crippen LogP contribution is 2.35. The van der Waals surface area contributed by atoms with Gasteiger partial charge in [0.15, 0.2) is 18.1 Å². The van der Waals surface area contributed by atoms with E-state index in [1.54, 1.807) is 23.1 Å². The molecule has 22 heavy (non-hydrogen) atoms. The summed E-state index contributed by atoms with van der Waals surface area (Å²) < 4.78 is 15.9. The molecule has 7 heteroatoms. The number of benzene rings is 1. The molecule has 7 nitrogen and oxygen atoms in total. The molecule has 1 N–H and O–H groups in total. The highest BCUT2D eigenvalue weighted by atomic mass is 16.7. The Kier molecular flexibility index (Phi) is 4.04. The SMILES string of the molecule is O=C(O)C1CCCN(C(=O)COc2ccc3c(c2)OCO3)C1. The lowest BCUT2D eigenvalue weighted by Gasteiger charge is -2.30. The van der Waals surface area contributed by atoms with Crippen LogP contribution in [0.3, 0.4) is 0 Å². The Morgan fingerprint density at radius 1 is 1.32 bits per heavy atom. The molecule has 2 aliphatic heterocycles. The van der Waals surface area contributed by atoms with Crippen molar-refractivity contribution in [3.05, 3.63) is 18.2 Å². The van der Waals surface area contributed by atoms with E-state index in [0.717, 1.165) is 0 Å². The number of ether oxygens (including phenoxy) is 3. The molecular weight excluding hydrogens is 290 g/mol. The highest BCUT2D eigenvalue weighted by Gasteiger charge is 2.28. The third-order valence-corrected chi connectivity index (χ3v) is 3.83. The predicted molar refractivity (Wildman–Crippen MR) is 75.0 cm³/mol. The van der Waals surface area contributed by atoms with Crippen LogP contribution in [-0.4, -0.2) is 48.4 Å². The van der Waals surface area contributed by atoms with Crippen LogP contribution in [0.2, 0.25) is 0 Å². The summed E-state index contributed by atoms with van der Waals surface area (Å²) in [5.74, 6) is 0.221. The van der Waals surface area contributed by atoms with Crippen molar-refractivity contribution in [2.75, 3.05) is 26.5 Å². The van der Waals surface area contributed by atoms with Crippen molar-refractivity contribution < 1.29 is 28.9 Å². The predicted octanol–water partition coefficient (Wildman–Crippen LogP) is 1.12. The van der Waals surface area contributed by atoms with Gasteiger partial charge in [-0.3, -0.25) is 9.59 Å². The topological polar surface area (TPSA) is 85.3 Å². The first-order valence-corrected chi connectivity index (χ1v) is 7.16. The molecule has 118 valence electrons. The minimum absolute atomic E-state index is 0.119. The van der Waals surface area contributed by atoms with Crippen LogP contribution < -0.4 is 14.2 Å². The molecule has 0 radical (unpaired) electrons. The number of aliphatic carboxylic acids is 1. The van der Waals surface area contributed by atoms with Gasteiger partial charge in [0, 0.05) is 19.2 Å². The molecular formula is C15H17NO6. The molecule has 1 saturated heterocycles. The molecule has 1 unspecified atom stereocenters. The number of carbonyl (C=O) groups is 2. The van der Waals surface area contributed by atoms with Crippen LogP contribution in [0.4, 0.5) is 0 Å². The van der Waals surface area contributed by atoms with Gasteiger partial charge in [-0.25, -0.2) is 0 Å². The second kappa shape index (κ2) is 6.13. The highest BCUT2D eigenvalue weighted by molar-refractivity contribution is 5.79. The first-order chi connectivity index (χ1) is 10.6. The smallest absolute Gasteiger partial charge is 0.308 e. The van der Waals surface area contributed by atoms with Gasteiger partial charge < -0.3 is 24.2 Å². The number of piperidine rings is 1. The lowest BCUT2D eigenvalue weighted by molar-refractivity contribution is -0.146. The Hall–Kier alpha value is -2.44. The van der Waals surface area contributed by atoms with Gasteiger partial charge in [0.2, 0.25) is 6.79 Å². The molecule has 1 fully saturated rings. The summed E-state index contributed by atoms with van der Waals surface area (Å²) in [5, 5.41) is 9.04. The quantitative estimate of drug-likeness (QED) is 0.897. The summed E-state index contributed by atoms with van der Waals surface area (Å²) in [6.07, 6.45) is 1.31. The average Bonchev–Trinajstić information content (AvgIpc) is 3.00. The number of fused-ring (bicyclic) bond motifs is 1. The van der Waals surface area contributed by atoms with Gasteiger partial charge in [0.05, 0.1) is 5.92 Å². The molecule has 0 bridgehead atoms. The van der Waals surface area contributed by atoms with Crippen molar-refractivity contribution in [2.45, 2.75) is 12.8 Å². The minimum atomic E-state index is -0.853. The van der Waals surface area contributed by atoms with Crippen LogP contribution in [0.15, 0.2) is 18.2 Å². The Balaban J connectivity index is 1.54. The van der Waals surface area contributed by atoms with Crippen molar-refractivity contribution in [3.63, 3.8) is 0 Å². The summed E-state index contributed by atoms with van der Waals surface area (Å²) >= 11 is 0. The number of rotatable bonds is 4. The monoisotopic (exact) mass is 307 g/mol. The number of carboxylic acids is 1. The summed E-state index contributed by atoms with van der Waals surface area (Å²) in [4.78, 5) is 24.7. The maximum atomic E-state index is 12.1. The van der Waals surface area contributed by atoms with E-state index in [4.69, 9.17) is 19.3 Å². The Morgan fingerprint density at radius 2 is 2.14 bits per heavy atom. The Labute approximate surface area is 127 Å². The second-order valence-corrected chi connectivity index (χ2v) is 5.32. The van der Waals surface area contributed by atoms with E-state index < -0.39 is 11.9 Å². The van der Waals surface area contributed by atoms with Crippen molar-refractivity contribution in [2.24, 2.45) is 5.92 Å². The van der Waals surface area contributed by atoms with Crippen molar-refractivity contribution in [1.82, 2.24) is 4.90 Å². The number of likely N-dealkylation sites (tertiary alicyclic amines) is 1. The van der Waals surface area contributed by atoms with E-state index in [1.165, 1.54) is 0 Å². The molecule has 1 amide bonds. The molecule has 1 aromatic carbocycles. The summed E-state index contributed by atoms with van der Waals surface area (Å²) in [7, 11) is 0. The van der Waals surface area contributed by atoms with Crippen LogP contribution in [0.5, 0.6) is 17.2 Å². The van der Waals surface area contributed by atoms with Gasteiger partial charge in [0.25, 0.3) is 5.91 Å². The van der Waals surface area contributed by atoms with Crippen LogP contribution in [-0.2, 0) is 9.59 Å². The van der Waals surface area contributed by atoms with E-state index in [0.29, 0.717) is 36.6 Å². The van der Waals surface area contributed by atoms with E-state index in [2.05, 4.69) is 0 Å².